The van der Waals surface area contributed by atoms with Crippen LogP contribution < -0.4 is 14.8 Å². The second-order valence-electron chi connectivity index (χ2n) is 5.24. The molecule has 2 aromatic rings. The lowest BCUT2D eigenvalue weighted by molar-refractivity contribution is -0.116. The number of amides is 1. The van der Waals surface area contributed by atoms with E-state index in [-0.39, 0.29) is 12.3 Å². The number of carbonyl (C=O) groups is 1. The van der Waals surface area contributed by atoms with Crippen molar-refractivity contribution in [3.05, 3.63) is 52.0 Å². The van der Waals surface area contributed by atoms with Crippen molar-refractivity contribution in [2.24, 2.45) is 0 Å². The average molecular weight is 378 g/mol. The Morgan fingerprint density at radius 2 is 1.91 bits per heavy atom. The molecule has 4 nitrogen and oxygen atoms in total. The second kappa shape index (κ2) is 8.02. The molecule has 0 saturated carbocycles. The highest BCUT2D eigenvalue weighted by Gasteiger charge is 2.08. The summed E-state index contributed by atoms with van der Waals surface area (Å²) in [6.45, 7) is 4.41. The van der Waals surface area contributed by atoms with Crippen molar-refractivity contribution < 1.29 is 14.3 Å². The monoisotopic (exact) mass is 377 g/mol. The Balaban J connectivity index is 1.88. The van der Waals surface area contributed by atoms with E-state index in [1.54, 1.807) is 19.2 Å². The summed E-state index contributed by atoms with van der Waals surface area (Å²) >= 11 is 3.38. The van der Waals surface area contributed by atoms with Gasteiger partial charge in [0.1, 0.15) is 11.5 Å². The Hall–Kier alpha value is -2.01. The standard InChI is InChI=1S/C18H20BrNO3/c1-12-4-6-15(10-13(12)2)23-9-8-18(21)20-16-11-14(19)5-7-17(16)22-3/h4-7,10-11H,8-9H2,1-3H3,(H,20,21). The predicted octanol–water partition coefficient (Wildman–Crippen LogP) is 4.48. The van der Waals surface area contributed by atoms with Gasteiger partial charge in [-0.15, -0.1) is 0 Å². The number of rotatable bonds is 6. The van der Waals surface area contributed by atoms with Gasteiger partial charge in [0.15, 0.2) is 0 Å². The molecule has 0 unspecified atom stereocenters. The first-order valence-corrected chi connectivity index (χ1v) is 8.12. The van der Waals surface area contributed by atoms with Gasteiger partial charge in [0.25, 0.3) is 0 Å². The molecule has 0 aliphatic heterocycles. The Labute approximate surface area is 144 Å². The highest BCUT2D eigenvalue weighted by molar-refractivity contribution is 9.10. The lowest BCUT2D eigenvalue weighted by Crippen LogP contribution is -2.15. The number of halogens is 1. The molecular weight excluding hydrogens is 358 g/mol. The summed E-state index contributed by atoms with van der Waals surface area (Å²) in [5.41, 5.74) is 3.03. The minimum absolute atomic E-state index is 0.120. The third-order valence-corrected chi connectivity index (χ3v) is 4.01. The van der Waals surface area contributed by atoms with Gasteiger partial charge in [0, 0.05) is 4.47 Å². The predicted molar refractivity (Wildman–Crippen MR) is 95.4 cm³/mol. The molecule has 0 aromatic heterocycles. The fraction of sp³-hybridized carbons (Fsp3) is 0.278. The van der Waals surface area contributed by atoms with Crippen molar-refractivity contribution >= 4 is 27.5 Å². The Bertz CT molecular complexity index is 701. The van der Waals surface area contributed by atoms with Crippen molar-refractivity contribution in [2.75, 3.05) is 19.0 Å². The maximum atomic E-state index is 12.0. The quantitative estimate of drug-likeness (QED) is 0.806. The molecule has 5 heteroatoms. The summed E-state index contributed by atoms with van der Waals surface area (Å²) in [6, 6.07) is 11.4. The van der Waals surface area contributed by atoms with Gasteiger partial charge in [-0.05, 0) is 55.3 Å². The van der Waals surface area contributed by atoms with Crippen LogP contribution in [0.2, 0.25) is 0 Å². The van der Waals surface area contributed by atoms with E-state index in [4.69, 9.17) is 9.47 Å². The third-order valence-electron chi connectivity index (χ3n) is 3.51. The second-order valence-corrected chi connectivity index (χ2v) is 6.15. The van der Waals surface area contributed by atoms with Crippen molar-refractivity contribution in [1.29, 1.82) is 0 Å². The molecule has 1 N–H and O–H groups in total. The summed E-state index contributed by atoms with van der Waals surface area (Å²) in [5, 5.41) is 2.84. The first-order chi connectivity index (χ1) is 11.0. The maximum Gasteiger partial charge on any atom is 0.227 e. The number of hydrogen-bond acceptors (Lipinski definition) is 3. The molecule has 2 rings (SSSR count). The molecule has 0 radical (unpaired) electrons. The molecular formula is C18H20BrNO3. The first-order valence-electron chi connectivity index (χ1n) is 7.33. The van der Waals surface area contributed by atoms with Gasteiger partial charge in [-0.3, -0.25) is 4.79 Å². The number of ether oxygens (including phenoxy) is 2. The van der Waals surface area contributed by atoms with Gasteiger partial charge in [-0.2, -0.15) is 0 Å². The molecule has 0 fully saturated rings. The van der Waals surface area contributed by atoms with Crippen LogP contribution in [-0.4, -0.2) is 19.6 Å². The molecule has 0 aliphatic carbocycles. The lowest BCUT2D eigenvalue weighted by Gasteiger charge is -2.11. The van der Waals surface area contributed by atoms with Crippen LogP contribution in [0, 0.1) is 13.8 Å². The summed E-state index contributed by atoms with van der Waals surface area (Å²) in [7, 11) is 1.57. The molecule has 122 valence electrons. The molecule has 1 amide bonds. The number of methoxy groups -OCH3 is 1. The number of carbonyl (C=O) groups excluding carboxylic acids is 1. The number of nitrogens with one attached hydrogen (secondary N) is 1. The zero-order chi connectivity index (χ0) is 16.8. The fourth-order valence-corrected chi connectivity index (χ4v) is 2.42. The topological polar surface area (TPSA) is 47.6 Å². The highest BCUT2D eigenvalue weighted by Crippen LogP contribution is 2.28. The SMILES string of the molecule is COc1ccc(Br)cc1NC(=O)CCOc1ccc(C)c(C)c1. The first kappa shape index (κ1) is 17.3. The van der Waals surface area contributed by atoms with E-state index in [1.165, 1.54) is 11.1 Å². The van der Waals surface area contributed by atoms with E-state index in [9.17, 15) is 4.79 Å². The Kier molecular flexibility index (Phi) is 6.04. The summed E-state index contributed by atoms with van der Waals surface area (Å²) in [5.74, 6) is 1.28. The van der Waals surface area contributed by atoms with Crippen molar-refractivity contribution in [3.8, 4) is 11.5 Å². The molecule has 0 atom stereocenters. The third kappa shape index (κ3) is 4.99. The van der Waals surface area contributed by atoms with Crippen LogP contribution in [0.4, 0.5) is 5.69 Å². The van der Waals surface area contributed by atoms with Crippen LogP contribution in [0.5, 0.6) is 11.5 Å². The minimum atomic E-state index is -0.120. The van der Waals surface area contributed by atoms with Gasteiger partial charge < -0.3 is 14.8 Å². The van der Waals surface area contributed by atoms with Crippen LogP contribution in [0.1, 0.15) is 17.5 Å². The van der Waals surface area contributed by atoms with Crippen molar-refractivity contribution in [3.63, 3.8) is 0 Å². The van der Waals surface area contributed by atoms with E-state index >= 15 is 0 Å². The molecule has 0 bridgehead atoms. The number of benzene rings is 2. The van der Waals surface area contributed by atoms with E-state index in [0.717, 1.165) is 10.2 Å². The fourth-order valence-electron chi connectivity index (χ4n) is 2.06. The summed E-state index contributed by atoms with van der Waals surface area (Å²) < 4.78 is 11.7. The average Bonchev–Trinajstić information content (AvgIpc) is 2.51. The van der Waals surface area contributed by atoms with E-state index in [1.807, 2.05) is 31.2 Å². The van der Waals surface area contributed by atoms with Crippen LogP contribution in [-0.2, 0) is 4.79 Å². The van der Waals surface area contributed by atoms with Crippen LogP contribution in [0.25, 0.3) is 0 Å². The minimum Gasteiger partial charge on any atom is -0.495 e. The molecule has 0 aliphatic rings. The summed E-state index contributed by atoms with van der Waals surface area (Å²) in [6.07, 6.45) is 0.266. The van der Waals surface area contributed by atoms with Gasteiger partial charge >= 0.3 is 0 Å². The van der Waals surface area contributed by atoms with Crippen LogP contribution in [0.3, 0.4) is 0 Å². The van der Waals surface area contributed by atoms with E-state index in [0.29, 0.717) is 18.0 Å². The van der Waals surface area contributed by atoms with Gasteiger partial charge in [0.2, 0.25) is 5.91 Å². The van der Waals surface area contributed by atoms with Crippen LogP contribution in [0.15, 0.2) is 40.9 Å². The molecule has 23 heavy (non-hydrogen) atoms. The van der Waals surface area contributed by atoms with Gasteiger partial charge in [-0.25, -0.2) is 0 Å². The van der Waals surface area contributed by atoms with Gasteiger partial charge in [0.05, 0.1) is 25.8 Å². The highest BCUT2D eigenvalue weighted by atomic mass is 79.9. The Morgan fingerprint density at radius 1 is 1.13 bits per heavy atom. The molecule has 0 saturated heterocycles. The van der Waals surface area contributed by atoms with E-state index in [2.05, 4.69) is 28.2 Å². The number of hydrogen-bond donors (Lipinski definition) is 1. The summed E-state index contributed by atoms with van der Waals surface area (Å²) in [4.78, 5) is 12.0. The zero-order valence-corrected chi connectivity index (χ0v) is 15.1. The smallest absolute Gasteiger partial charge is 0.227 e. The maximum absolute atomic E-state index is 12.0. The molecule has 2 aromatic carbocycles. The Morgan fingerprint density at radius 3 is 2.61 bits per heavy atom. The van der Waals surface area contributed by atoms with E-state index < -0.39 is 0 Å². The normalized spacial score (nSPS) is 10.3. The van der Waals surface area contributed by atoms with Crippen molar-refractivity contribution in [2.45, 2.75) is 20.3 Å². The van der Waals surface area contributed by atoms with Crippen molar-refractivity contribution in [1.82, 2.24) is 0 Å². The number of aryl methyl sites for hydroxylation is 2. The van der Waals surface area contributed by atoms with Crippen LogP contribution >= 0.6 is 15.9 Å². The number of anilines is 1. The largest absolute Gasteiger partial charge is 0.495 e. The molecule has 0 spiro atoms. The molecule has 0 heterocycles. The van der Waals surface area contributed by atoms with Gasteiger partial charge in [-0.1, -0.05) is 22.0 Å². The zero-order valence-electron chi connectivity index (χ0n) is 13.5. The lowest BCUT2D eigenvalue weighted by atomic mass is 10.1.